The second-order valence-corrected chi connectivity index (χ2v) is 4.07. The summed E-state index contributed by atoms with van der Waals surface area (Å²) in [6.07, 6.45) is 2.18. The Morgan fingerprint density at radius 3 is 2.82 bits per heavy atom. The van der Waals surface area contributed by atoms with Gasteiger partial charge in [-0.05, 0) is 31.0 Å². The molecule has 1 rings (SSSR count). The fourth-order valence-electron chi connectivity index (χ4n) is 1.37. The molecule has 1 aromatic carbocycles. The third-order valence-electron chi connectivity index (χ3n) is 2.18. The molecule has 0 amide bonds. The van der Waals surface area contributed by atoms with Gasteiger partial charge in [-0.1, -0.05) is 16.8 Å². The maximum atomic E-state index is 13.0. The molecular formula is C11H15ClFN3O. The van der Waals surface area contributed by atoms with Crippen molar-refractivity contribution in [1.29, 1.82) is 0 Å². The number of amidine groups is 1. The summed E-state index contributed by atoms with van der Waals surface area (Å²) in [5, 5.41) is 14.6. The SMILES string of the molecule is N/C(CCCCNc1cc(F)cc(Cl)c1)=N/O. The molecule has 1 aromatic rings. The zero-order valence-corrected chi connectivity index (χ0v) is 10.0. The highest BCUT2D eigenvalue weighted by atomic mass is 35.5. The first-order valence-electron chi connectivity index (χ1n) is 5.28. The zero-order valence-electron chi connectivity index (χ0n) is 9.29. The minimum atomic E-state index is -0.364. The van der Waals surface area contributed by atoms with Crippen LogP contribution in [-0.4, -0.2) is 17.6 Å². The lowest BCUT2D eigenvalue weighted by Crippen LogP contribution is -2.11. The highest BCUT2D eigenvalue weighted by Gasteiger charge is 1.99. The predicted octanol–water partition coefficient (Wildman–Crippen LogP) is 2.81. The summed E-state index contributed by atoms with van der Waals surface area (Å²) >= 11 is 5.71. The standard InChI is InChI=1S/C11H15ClFN3O/c12-8-5-9(13)7-10(6-8)15-4-2-1-3-11(14)16-17/h5-7,15,17H,1-4H2,(H2,14,16). The van der Waals surface area contributed by atoms with E-state index in [1.165, 1.54) is 12.1 Å². The van der Waals surface area contributed by atoms with Crippen LogP contribution in [0.2, 0.25) is 5.02 Å². The van der Waals surface area contributed by atoms with Gasteiger partial charge < -0.3 is 16.3 Å². The van der Waals surface area contributed by atoms with Crippen LogP contribution in [0.5, 0.6) is 0 Å². The van der Waals surface area contributed by atoms with Gasteiger partial charge in [0.1, 0.15) is 11.7 Å². The van der Waals surface area contributed by atoms with Crippen molar-refractivity contribution < 1.29 is 9.60 Å². The van der Waals surface area contributed by atoms with Crippen molar-refractivity contribution in [2.75, 3.05) is 11.9 Å². The zero-order chi connectivity index (χ0) is 12.7. The number of oxime groups is 1. The molecule has 0 fully saturated rings. The van der Waals surface area contributed by atoms with Gasteiger partial charge in [-0.15, -0.1) is 0 Å². The Balaban J connectivity index is 2.26. The van der Waals surface area contributed by atoms with Crippen molar-refractivity contribution in [2.45, 2.75) is 19.3 Å². The second-order valence-electron chi connectivity index (χ2n) is 3.63. The Kier molecular flexibility index (Phi) is 5.56. The van der Waals surface area contributed by atoms with Crippen LogP contribution < -0.4 is 11.1 Å². The van der Waals surface area contributed by atoms with Gasteiger partial charge in [-0.3, -0.25) is 0 Å². The number of hydrogen-bond acceptors (Lipinski definition) is 3. The van der Waals surface area contributed by atoms with Crippen LogP contribution in [0.4, 0.5) is 10.1 Å². The van der Waals surface area contributed by atoms with Crippen molar-refractivity contribution in [2.24, 2.45) is 10.9 Å². The molecule has 17 heavy (non-hydrogen) atoms. The number of halogens is 2. The number of nitrogens with one attached hydrogen (secondary N) is 1. The lowest BCUT2D eigenvalue weighted by Gasteiger charge is -2.06. The van der Waals surface area contributed by atoms with Crippen molar-refractivity contribution in [1.82, 2.24) is 0 Å². The van der Waals surface area contributed by atoms with Crippen molar-refractivity contribution >= 4 is 23.1 Å². The molecule has 0 aliphatic rings. The van der Waals surface area contributed by atoms with E-state index in [9.17, 15) is 4.39 Å². The Labute approximate surface area is 104 Å². The first kappa shape index (κ1) is 13.6. The van der Waals surface area contributed by atoms with Crippen LogP contribution in [0.15, 0.2) is 23.4 Å². The molecule has 0 spiro atoms. The lowest BCUT2D eigenvalue weighted by molar-refractivity contribution is 0.316. The number of nitrogens with zero attached hydrogens (tertiary/aromatic N) is 1. The van der Waals surface area contributed by atoms with Crippen molar-refractivity contribution in [3.05, 3.63) is 29.0 Å². The van der Waals surface area contributed by atoms with Gasteiger partial charge in [0, 0.05) is 23.7 Å². The number of anilines is 1. The molecule has 0 aliphatic carbocycles. The summed E-state index contributed by atoms with van der Waals surface area (Å²) in [5.41, 5.74) is 5.97. The molecule has 6 heteroatoms. The molecule has 0 unspecified atom stereocenters. The van der Waals surface area contributed by atoms with E-state index in [2.05, 4.69) is 10.5 Å². The largest absolute Gasteiger partial charge is 0.409 e. The van der Waals surface area contributed by atoms with E-state index in [-0.39, 0.29) is 11.7 Å². The molecule has 0 aromatic heterocycles. The fourth-order valence-corrected chi connectivity index (χ4v) is 1.59. The molecule has 0 atom stereocenters. The second kappa shape index (κ2) is 6.96. The van der Waals surface area contributed by atoms with Crippen LogP contribution in [0, 0.1) is 5.82 Å². The van der Waals surface area contributed by atoms with E-state index < -0.39 is 0 Å². The normalized spacial score (nSPS) is 11.5. The fraction of sp³-hybridized carbons (Fsp3) is 0.364. The third-order valence-corrected chi connectivity index (χ3v) is 2.40. The van der Waals surface area contributed by atoms with Gasteiger partial charge in [0.2, 0.25) is 0 Å². The van der Waals surface area contributed by atoms with Crippen LogP contribution in [-0.2, 0) is 0 Å². The maximum Gasteiger partial charge on any atom is 0.139 e. The van der Waals surface area contributed by atoms with Gasteiger partial charge in [0.25, 0.3) is 0 Å². The number of nitrogens with two attached hydrogens (primary N) is 1. The smallest absolute Gasteiger partial charge is 0.139 e. The molecule has 0 saturated carbocycles. The number of rotatable bonds is 6. The van der Waals surface area contributed by atoms with Gasteiger partial charge >= 0.3 is 0 Å². The topological polar surface area (TPSA) is 70.6 Å². The summed E-state index contributed by atoms with van der Waals surface area (Å²) in [5.74, 6) is -0.143. The number of benzene rings is 1. The Bertz CT molecular complexity index is 378. The molecule has 4 N–H and O–H groups in total. The number of hydrogen-bond donors (Lipinski definition) is 3. The van der Waals surface area contributed by atoms with Crippen LogP contribution in [0.25, 0.3) is 0 Å². The quantitative estimate of drug-likeness (QED) is 0.242. The molecule has 4 nitrogen and oxygen atoms in total. The third kappa shape index (κ3) is 5.40. The summed E-state index contributed by atoms with van der Waals surface area (Å²) in [7, 11) is 0. The summed E-state index contributed by atoms with van der Waals surface area (Å²) < 4.78 is 13.0. The average molecular weight is 260 g/mol. The van der Waals surface area contributed by atoms with Gasteiger partial charge in [-0.25, -0.2) is 4.39 Å². The predicted molar refractivity (Wildman–Crippen MR) is 67.2 cm³/mol. The van der Waals surface area contributed by atoms with Crippen molar-refractivity contribution in [3.8, 4) is 0 Å². The van der Waals surface area contributed by atoms with Crippen molar-refractivity contribution in [3.63, 3.8) is 0 Å². The molecule has 0 saturated heterocycles. The molecule has 0 bridgehead atoms. The van der Waals surface area contributed by atoms with E-state index in [1.54, 1.807) is 6.07 Å². The van der Waals surface area contributed by atoms with Crippen LogP contribution in [0.3, 0.4) is 0 Å². The lowest BCUT2D eigenvalue weighted by atomic mass is 10.2. The Morgan fingerprint density at radius 1 is 1.41 bits per heavy atom. The summed E-state index contributed by atoms with van der Waals surface area (Å²) in [6, 6.07) is 4.30. The maximum absolute atomic E-state index is 13.0. The van der Waals surface area contributed by atoms with E-state index in [4.69, 9.17) is 22.5 Å². The Morgan fingerprint density at radius 2 is 2.18 bits per heavy atom. The average Bonchev–Trinajstić information content (AvgIpc) is 2.27. The van der Waals surface area contributed by atoms with E-state index in [1.807, 2.05) is 0 Å². The van der Waals surface area contributed by atoms with E-state index >= 15 is 0 Å². The minimum Gasteiger partial charge on any atom is -0.409 e. The van der Waals surface area contributed by atoms with E-state index in [0.29, 0.717) is 23.7 Å². The summed E-state index contributed by atoms with van der Waals surface area (Å²) in [4.78, 5) is 0. The summed E-state index contributed by atoms with van der Waals surface area (Å²) in [6.45, 7) is 0.679. The monoisotopic (exact) mass is 259 g/mol. The number of unbranched alkanes of at least 4 members (excludes halogenated alkanes) is 1. The Hall–Kier alpha value is -1.49. The highest BCUT2D eigenvalue weighted by molar-refractivity contribution is 6.30. The first-order valence-corrected chi connectivity index (χ1v) is 5.66. The molecule has 0 aliphatic heterocycles. The van der Waals surface area contributed by atoms with Gasteiger partial charge in [0.15, 0.2) is 0 Å². The molecular weight excluding hydrogens is 245 g/mol. The molecule has 94 valence electrons. The van der Waals surface area contributed by atoms with E-state index in [0.717, 1.165) is 12.8 Å². The van der Waals surface area contributed by atoms with Crippen LogP contribution in [0.1, 0.15) is 19.3 Å². The van der Waals surface area contributed by atoms with Crippen LogP contribution >= 0.6 is 11.6 Å². The van der Waals surface area contributed by atoms with Gasteiger partial charge in [-0.2, -0.15) is 0 Å². The van der Waals surface area contributed by atoms with Gasteiger partial charge in [0.05, 0.1) is 0 Å². The molecule has 0 radical (unpaired) electrons. The molecule has 0 heterocycles. The first-order chi connectivity index (χ1) is 8.11. The minimum absolute atomic E-state index is 0.221. The highest BCUT2D eigenvalue weighted by Crippen LogP contribution is 2.17.